The highest BCUT2D eigenvalue weighted by atomic mass is 32.1. The maximum absolute atomic E-state index is 13.5. The molecule has 0 unspecified atom stereocenters. The summed E-state index contributed by atoms with van der Waals surface area (Å²) in [5.74, 6) is -2.17. The number of hydrogen-bond acceptors (Lipinski definition) is 4. The number of nitrogens with one attached hydrogen (secondary N) is 1. The Kier molecular flexibility index (Phi) is 4.42. The van der Waals surface area contributed by atoms with Gasteiger partial charge in [0.2, 0.25) is 5.13 Å². The van der Waals surface area contributed by atoms with Gasteiger partial charge in [-0.25, -0.2) is 18.4 Å². The molecule has 0 atom stereocenters. The highest BCUT2D eigenvalue weighted by Crippen LogP contribution is 2.14. The molecule has 118 valence electrons. The number of carbonyl (C=O) groups excluding carboxylic acids is 1. The minimum Gasteiger partial charge on any atom is -0.352 e. The Morgan fingerprint density at radius 3 is 2.96 bits per heavy atom. The van der Waals surface area contributed by atoms with Crippen LogP contribution in [0.3, 0.4) is 0 Å². The van der Waals surface area contributed by atoms with Crippen molar-refractivity contribution in [3.05, 3.63) is 64.9 Å². The van der Waals surface area contributed by atoms with Gasteiger partial charge in [0, 0.05) is 36.8 Å². The van der Waals surface area contributed by atoms with Crippen molar-refractivity contribution >= 4 is 17.2 Å². The van der Waals surface area contributed by atoms with Crippen molar-refractivity contribution in [1.29, 1.82) is 0 Å². The molecular formula is C15H12F2N4OS. The summed E-state index contributed by atoms with van der Waals surface area (Å²) >= 11 is 1.44. The molecule has 0 saturated heterocycles. The maximum atomic E-state index is 13.5. The van der Waals surface area contributed by atoms with Crippen molar-refractivity contribution in [2.75, 3.05) is 6.54 Å². The molecule has 3 rings (SSSR count). The Bertz CT molecular complexity index is 817. The molecule has 0 aliphatic heterocycles. The summed E-state index contributed by atoms with van der Waals surface area (Å²) < 4.78 is 28.0. The summed E-state index contributed by atoms with van der Waals surface area (Å²) in [5, 5.41) is 9.29. The molecule has 8 heteroatoms. The smallest absolute Gasteiger partial charge is 0.254 e. The van der Waals surface area contributed by atoms with Crippen LogP contribution in [0.4, 0.5) is 8.78 Å². The molecule has 0 bridgehead atoms. The standard InChI is InChI=1S/C15H12F2N4OS/c16-10-2-3-12(13(17)8-10)14(22)18-6-4-11-9-23-15(20-11)21-7-1-5-19-21/h1-3,5,7-9H,4,6H2,(H,18,22). The van der Waals surface area contributed by atoms with Gasteiger partial charge in [-0.15, -0.1) is 11.3 Å². The lowest BCUT2D eigenvalue weighted by atomic mass is 10.2. The van der Waals surface area contributed by atoms with E-state index in [1.165, 1.54) is 11.3 Å². The van der Waals surface area contributed by atoms with Crippen molar-refractivity contribution in [2.24, 2.45) is 0 Å². The third kappa shape index (κ3) is 3.59. The number of aromatic nitrogens is 3. The van der Waals surface area contributed by atoms with Gasteiger partial charge in [-0.1, -0.05) is 0 Å². The second-order valence-corrected chi connectivity index (χ2v) is 5.54. The third-order valence-electron chi connectivity index (χ3n) is 3.08. The molecule has 1 N–H and O–H groups in total. The van der Waals surface area contributed by atoms with E-state index < -0.39 is 17.5 Å². The first-order valence-electron chi connectivity index (χ1n) is 6.81. The Hall–Kier alpha value is -2.61. The van der Waals surface area contributed by atoms with E-state index in [4.69, 9.17) is 0 Å². The molecule has 0 aliphatic carbocycles. The lowest BCUT2D eigenvalue weighted by molar-refractivity contribution is 0.0950. The van der Waals surface area contributed by atoms with Gasteiger partial charge in [0.1, 0.15) is 11.6 Å². The zero-order chi connectivity index (χ0) is 16.2. The second-order valence-electron chi connectivity index (χ2n) is 4.70. The molecule has 1 amide bonds. The number of carbonyl (C=O) groups is 1. The molecule has 2 aromatic heterocycles. The summed E-state index contributed by atoms with van der Waals surface area (Å²) in [5.41, 5.74) is 0.627. The van der Waals surface area contributed by atoms with Crippen LogP contribution in [0.25, 0.3) is 5.13 Å². The molecule has 0 aliphatic rings. The molecule has 0 fully saturated rings. The lowest BCUT2D eigenvalue weighted by Gasteiger charge is -2.05. The molecule has 2 heterocycles. The summed E-state index contributed by atoms with van der Waals surface area (Å²) in [4.78, 5) is 16.2. The van der Waals surface area contributed by atoms with Gasteiger partial charge >= 0.3 is 0 Å². The predicted octanol–water partition coefficient (Wildman–Crippen LogP) is 2.58. The van der Waals surface area contributed by atoms with Crippen LogP contribution in [0.1, 0.15) is 16.1 Å². The molecule has 1 aromatic carbocycles. The third-order valence-corrected chi connectivity index (χ3v) is 3.96. The Balaban J connectivity index is 1.56. The van der Waals surface area contributed by atoms with Crippen LogP contribution < -0.4 is 5.32 Å². The van der Waals surface area contributed by atoms with Crippen LogP contribution >= 0.6 is 11.3 Å². The fourth-order valence-electron chi connectivity index (χ4n) is 1.97. The largest absolute Gasteiger partial charge is 0.352 e. The molecule has 3 aromatic rings. The van der Waals surface area contributed by atoms with E-state index in [1.807, 2.05) is 5.38 Å². The average molecular weight is 334 g/mol. The van der Waals surface area contributed by atoms with Gasteiger partial charge < -0.3 is 5.32 Å². The zero-order valence-electron chi connectivity index (χ0n) is 11.9. The Labute approximate surface area is 134 Å². The van der Waals surface area contributed by atoms with Gasteiger partial charge in [0.15, 0.2) is 0 Å². The average Bonchev–Trinajstić information content (AvgIpc) is 3.18. The van der Waals surface area contributed by atoms with Crippen molar-refractivity contribution in [3.63, 3.8) is 0 Å². The molecular weight excluding hydrogens is 322 g/mol. The van der Waals surface area contributed by atoms with Crippen molar-refractivity contribution < 1.29 is 13.6 Å². The Morgan fingerprint density at radius 1 is 1.35 bits per heavy atom. The van der Waals surface area contributed by atoms with Gasteiger partial charge in [-0.05, 0) is 18.2 Å². The number of amides is 1. The van der Waals surface area contributed by atoms with Gasteiger partial charge in [0.05, 0.1) is 11.3 Å². The van der Waals surface area contributed by atoms with E-state index in [0.717, 1.165) is 23.0 Å². The van der Waals surface area contributed by atoms with E-state index in [0.29, 0.717) is 19.0 Å². The summed E-state index contributed by atoms with van der Waals surface area (Å²) in [6.45, 7) is 0.304. The van der Waals surface area contributed by atoms with E-state index >= 15 is 0 Å². The SMILES string of the molecule is O=C(NCCc1csc(-n2cccn2)n1)c1ccc(F)cc1F. The summed E-state index contributed by atoms with van der Waals surface area (Å²) in [6, 6.07) is 4.66. The first-order chi connectivity index (χ1) is 11.1. The molecule has 0 spiro atoms. The van der Waals surface area contributed by atoms with Gasteiger partial charge in [0.25, 0.3) is 5.91 Å². The van der Waals surface area contributed by atoms with Gasteiger partial charge in [-0.3, -0.25) is 4.79 Å². The number of hydrogen-bond donors (Lipinski definition) is 1. The number of thiazole rings is 1. The number of halogens is 2. The number of nitrogens with zero attached hydrogens (tertiary/aromatic N) is 3. The fraction of sp³-hybridized carbons (Fsp3) is 0.133. The molecule has 0 saturated carbocycles. The van der Waals surface area contributed by atoms with Crippen molar-refractivity contribution in [1.82, 2.24) is 20.1 Å². The van der Waals surface area contributed by atoms with Crippen LogP contribution in [-0.4, -0.2) is 27.2 Å². The number of rotatable bonds is 5. The second kappa shape index (κ2) is 6.66. The maximum Gasteiger partial charge on any atom is 0.254 e. The minimum atomic E-state index is -0.878. The minimum absolute atomic E-state index is 0.179. The van der Waals surface area contributed by atoms with Crippen LogP contribution in [0.2, 0.25) is 0 Å². The predicted molar refractivity (Wildman–Crippen MR) is 81.6 cm³/mol. The fourth-order valence-corrected chi connectivity index (χ4v) is 2.77. The first-order valence-corrected chi connectivity index (χ1v) is 7.69. The summed E-state index contributed by atoms with van der Waals surface area (Å²) in [6.07, 6.45) is 3.96. The van der Waals surface area contributed by atoms with Gasteiger partial charge in [-0.2, -0.15) is 5.10 Å². The topological polar surface area (TPSA) is 59.8 Å². The van der Waals surface area contributed by atoms with Crippen LogP contribution in [-0.2, 0) is 6.42 Å². The van der Waals surface area contributed by atoms with Crippen LogP contribution in [0.15, 0.2) is 42.0 Å². The quantitative estimate of drug-likeness (QED) is 0.780. The molecule has 5 nitrogen and oxygen atoms in total. The first kappa shape index (κ1) is 15.3. The number of benzene rings is 1. The highest BCUT2D eigenvalue weighted by Gasteiger charge is 2.12. The normalized spacial score (nSPS) is 10.7. The highest BCUT2D eigenvalue weighted by molar-refractivity contribution is 7.12. The monoisotopic (exact) mass is 334 g/mol. The Morgan fingerprint density at radius 2 is 2.22 bits per heavy atom. The van der Waals surface area contributed by atoms with Crippen molar-refractivity contribution in [2.45, 2.75) is 6.42 Å². The van der Waals surface area contributed by atoms with E-state index in [9.17, 15) is 13.6 Å². The van der Waals surface area contributed by atoms with E-state index in [2.05, 4.69) is 15.4 Å². The van der Waals surface area contributed by atoms with Crippen molar-refractivity contribution in [3.8, 4) is 5.13 Å². The zero-order valence-corrected chi connectivity index (χ0v) is 12.7. The van der Waals surface area contributed by atoms with E-state index in [-0.39, 0.29) is 5.56 Å². The summed E-state index contributed by atoms with van der Waals surface area (Å²) in [7, 11) is 0. The van der Waals surface area contributed by atoms with Crippen LogP contribution in [0, 0.1) is 11.6 Å². The van der Waals surface area contributed by atoms with E-state index in [1.54, 1.807) is 23.1 Å². The molecule has 0 radical (unpaired) electrons. The lowest BCUT2D eigenvalue weighted by Crippen LogP contribution is -2.26. The van der Waals surface area contributed by atoms with Crippen LogP contribution in [0.5, 0.6) is 0 Å². The molecule has 23 heavy (non-hydrogen) atoms.